The van der Waals surface area contributed by atoms with Crippen LogP contribution >= 0.6 is 0 Å². The van der Waals surface area contributed by atoms with E-state index in [-0.39, 0.29) is 11.3 Å². The van der Waals surface area contributed by atoms with E-state index in [4.69, 9.17) is 0 Å². The van der Waals surface area contributed by atoms with Crippen LogP contribution in [-0.2, 0) is 4.74 Å². The lowest BCUT2D eigenvalue weighted by Crippen LogP contribution is -2.06. The Kier molecular flexibility index (Phi) is 3.95. The Morgan fingerprint density at radius 2 is 1.90 bits per heavy atom. The van der Waals surface area contributed by atoms with Gasteiger partial charge in [-0.3, -0.25) is 10.1 Å². The number of non-ortho nitro benzene ring substituents is 1. The predicted molar refractivity (Wildman–Crippen MR) is 74.2 cm³/mol. The topological polar surface area (TPSA) is 81.5 Å². The molecule has 0 fully saturated rings. The number of rotatable bonds is 4. The van der Waals surface area contributed by atoms with Gasteiger partial charge in [-0.2, -0.15) is 0 Å². The van der Waals surface area contributed by atoms with E-state index in [9.17, 15) is 14.9 Å². The van der Waals surface area contributed by atoms with Gasteiger partial charge in [-0.25, -0.2) is 4.79 Å². The van der Waals surface area contributed by atoms with Crippen molar-refractivity contribution in [3.05, 3.63) is 64.2 Å². The molecule has 0 aliphatic carbocycles. The Balaban J connectivity index is 2.41. The summed E-state index contributed by atoms with van der Waals surface area (Å²) >= 11 is 0. The fourth-order valence-electron chi connectivity index (χ4n) is 1.71. The Hall–Kier alpha value is -2.89. The third kappa shape index (κ3) is 2.92. The second-order valence-corrected chi connectivity index (χ2v) is 3.97. The zero-order valence-corrected chi connectivity index (χ0v) is 10.7. The van der Waals surface area contributed by atoms with E-state index in [1.807, 2.05) is 30.3 Å². The minimum atomic E-state index is -0.632. The Bertz CT molecular complexity index is 641. The largest absolute Gasteiger partial charge is 0.465 e. The average Bonchev–Trinajstić information content (AvgIpc) is 2.47. The third-order valence-electron chi connectivity index (χ3n) is 2.67. The quantitative estimate of drug-likeness (QED) is 0.525. The van der Waals surface area contributed by atoms with E-state index in [1.165, 1.54) is 25.3 Å². The summed E-state index contributed by atoms with van der Waals surface area (Å²) in [7, 11) is 1.23. The van der Waals surface area contributed by atoms with Crippen molar-refractivity contribution >= 4 is 23.0 Å². The molecule has 0 radical (unpaired) electrons. The fraction of sp³-hybridized carbons (Fsp3) is 0.0714. The van der Waals surface area contributed by atoms with Gasteiger partial charge in [0.05, 0.1) is 23.3 Å². The number of ether oxygens (including phenoxy) is 1. The van der Waals surface area contributed by atoms with E-state index in [0.717, 1.165) is 5.69 Å². The van der Waals surface area contributed by atoms with Gasteiger partial charge < -0.3 is 10.1 Å². The Morgan fingerprint density at radius 3 is 2.50 bits per heavy atom. The zero-order chi connectivity index (χ0) is 14.5. The second-order valence-electron chi connectivity index (χ2n) is 3.97. The molecule has 0 bridgehead atoms. The van der Waals surface area contributed by atoms with Crippen molar-refractivity contribution in [3.63, 3.8) is 0 Å². The highest BCUT2D eigenvalue weighted by molar-refractivity contribution is 5.97. The van der Waals surface area contributed by atoms with Gasteiger partial charge in [0.25, 0.3) is 5.69 Å². The monoisotopic (exact) mass is 272 g/mol. The summed E-state index contributed by atoms with van der Waals surface area (Å²) in [5.41, 5.74) is 1.18. The average molecular weight is 272 g/mol. The molecule has 2 aromatic rings. The molecule has 6 heteroatoms. The number of esters is 1. The van der Waals surface area contributed by atoms with E-state index < -0.39 is 10.9 Å². The number of nitro benzene ring substituents is 1. The first-order valence-electron chi connectivity index (χ1n) is 5.80. The van der Waals surface area contributed by atoms with Crippen LogP contribution in [0.15, 0.2) is 48.5 Å². The van der Waals surface area contributed by atoms with E-state index >= 15 is 0 Å². The van der Waals surface area contributed by atoms with Crippen LogP contribution < -0.4 is 5.32 Å². The number of nitrogens with zero attached hydrogens (tertiary/aromatic N) is 1. The van der Waals surface area contributed by atoms with Gasteiger partial charge in [-0.05, 0) is 18.2 Å². The SMILES string of the molecule is COC(=O)c1cc([N+](=O)[O-])ccc1Nc1ccccc1. The van der Waals surface area contributed by atoms with Gasteiger partial charge in [-0.1, -0.05) is 18.2 Å². The van der Waals surface area contributed by atoms with Crippen molar-refractivity contribution in [3.8, 4) is 0 Å². The summed E-state index contributed by atoms with van der Waals surface area (Å²) in [5, 5.41) is 13.8. The van der Waals surface area contributed by atoms with Gasteiger partial charge >= 0.3 is 5.97 Å². The number of anilines is 2. The second kappa shape index (κ2) is 5.83. The number of methoxy groups -OCH3 is 1. The molecule has 0 saturated heterocycles. The van der Waals surface area contributed by atoms with Crippen molar-refractivity contribution < 1.29 is 14.5 Å². The fourth-order valence-corrected chi connectivity index (χ4v) is 1.71. The molecule has 0 unspecified atom stereocenters. The summed E-state index contributed by atoms with van der Waals surface area (Å²) < 4.78 is 4.65. The molecule has 0 aliphatic heterocycles. The summed E-state index contributed by atoms with van der Waals surface area (Å²) in [6.07, 6.45) is 0. The molecule has 1 N–H and O–H groups in total. The molecule has 0 spiro atoms. The maximum absolute atomic E-state index is 11.7. The third-order valence-corrected chi connectivity index (χ3v) is 2.67. The highest BCUT2D eigenvalue weighted by Crippen LogP contribution is 2.25. The molecule has 0 aliphatic rings. The lowest BCUT2D eigenvalue weighted by molar-refractivity contribution is -0.384. The Morgan fingerprint density at radius 1 is 1.20 bits per heavy atom. The normalized spacial score (nSPS) is 9.85. The number of nitro groups is 1. The van der Waals surface area contributed by atoms with Crippen LogP contribution in [0.5, 0.6) is 0 Å². The number of benzene rings is 2. The van der Waals surface area contributed by atoms with Crippen LogP contribution in [0.1, 0.15) is 10.4 Å². The maximum Gasteiger partial charge on any atom is 0.340 e. The first-order chi connectivity index (χ1) is 9.61. The van der Waals surface area contributed by atoms with Crippen LogP contribution in [0, 0.1) is 10.1 Å². The van der Waals surface area contributed by atoms with Gasteiger partial charge in [-0.15, -0.1) is 0 Å². The lowest BCUT2D eigenvalue weighted by atomic mass is 10.1. The molecule has 0 saturated carbocycles. The maximum atomic E-state index is 11.7. The zero-order valence-electron chi connectivity index (χ0n) is 10.7. The first-order valence-corrected chi connectivity index (χ1v) is 5.80. The molecule has 0 atom stereocenters. The van der Waals surface area contributed by atoms with E-state index in [2.05, 4.69) is 10.1 Å². The minimum absolute atomic E-state index is 0.116. The van der Waals surface area contributed by atoms with Crippen LogP contribution in [0.25, 0.3) is 0 Å². The number of para-hydroxylation sites is 1. The van der Waals surface area contributed by atoms with Crippen LogP contribution in [0.2, 0.25) is 0 Å². The van der Waals surface area contributed by atoms with Gasteiger partial charge in [0.2, 0.25) is 0 Å². The van der Waals surface area contributed by atoms with E-state index in [1.54, 1.807) is 0 Å². The van der Waals surface area contributed by atoms with Crippen molar-refractivity contribution in [2.75, 3.05) is 12.4 Å². The molecule has 6 nitrogen and oxygen atoms in total. The van der Waals surface area contributed by atoms with Crippen molar-refractivity contribution in [1.29, 1.82) is 0 Å². The molecular formula is C14H12N2O4. The number of hydrogen-bond donors (Lipinski definition) is 1. The molecule has 0 amide bonds. The molecule has 2 aromatic carbocycles. The smallest absolute Gasteiger partial charge is 0.340 e. The van der Waals surface area contributed by atoms with Gasteiger partial charge in [0.15, 0.2) is 0 Å². The minimum Gasteiger partial charge on any atom is -0.465 e. The standard InChI is InChI=1S/C14H12N2O4/c1-20-14(17)12-9-11(16(18)19)7-8-13(12)15-10-5-3-2-4-6-10/h2-9,15H,1H3. The highest BCUT2D eigenvalue weighted by atomic mass is 16.6. The predicted octanol–water partition coefficient (Wildman–Crippen LogP) is 3.13. The molecule has 2 rings (SSSR count). The van der Waals surface area contributed by atoms with Crippen molar-refractivity contribution in [1.82, 2.24) is 0 Å². The number of hydrogen-bond acceptors (Lipinski definition) is 5. The molecular weight excluding hydrogens is 260 g/mol. The van der Waals surface area contributed by atoms with Gasteiger partial charge in [0.1, 0.15) is 0 Å². The van der Waals surface area contributed by atoms with Crippen molar-refractivity contribution in [2.45, 2.75) is 0 Å². The summed E-state index contributed by atoms with van der Waals surface area (Å²) in [4.78, 5) is 21.9. The van der Waals surface area contributed by atoms with E-state index in [0.29, 0.717) is 5.69 Å². The van der Waals surface area contributed by atoms with Gasteiger partial charge in [0, 0.05) is 17.8 Å². The van der Waals surface area contributed by atoms with Crippen LogP contribution in [0.4, 0.5) is 17.1 Å². The molecule has 0 heterocycles. The Labute approximate surface area is 115 Å². The molecule has 102 valence electrons. The summed E-state index contributed by atoms with van der Waals surface area (Å²) in [6.45, 7) is 0. The number of nitrogens with one attached hydrogen (secondary N) is 1. The highest BCUT2D eigenvalue weighted by Gasteiger charge is 2.17. The first kappa shape index (κ1) is 13.5. The van der Waals surface area contributed by atoms with Crippen molar-refractivity contribution in [2.24, 2.45) is 0 Å². The van der Waals surface area contributed by atoms with Crippen LogP contribution in [-0.4, -0.2) is 18.0 Å². The van der Waals surface area contributed by atoms with Crippen LogP contribution in [0.3, 0.4) is 0 Å². The number of carbonyl (C=O) groups is 1. The number of carbonyl (C=O) groups excluding carboxylic acids is 1. The molecule has 20 heavy (non-hydrogen) atoms. The molecule has 0 aromatic heterocycles. The lowest BCUT2D eigenvalue weighted by Gasteiger charge is -2.10. The summed E-state index contributed by atoms with van der Waals surface area (Å²) in [5.74, 6) is -0.632. The summed E-state index contributed by atoms with van der Waals surface area (Å²) in [6, 6.07) is 13.2.